The number of hydrogen-bond acceptors (Lipinski definition) is 4. The van der Waals surface area contributed by atoms with Crippen LogP contribution in [0.4, 0.5) is 21.2 Å². The monoisotopic (exact) mass is 340 g/mol. The highest BCUT2D eigenvalue weighted by Crippen LogP contribution is 2.21. The molecule has 1 atom stereocenters. The van der Waals surface area contributed by atoms with E-state index < -0.39 is 12.1 Å². The molecular formula is C16H16N6O3. The molecular weight excluding hydrogens is 324 g/mol. The minimum atomic E-state index is -1.22. The minimum Gasteiger partial charge on any atom is -0.465 e. The number of amides is 3. The third-order valence-electron chi connectivity index (χ3n) is 3.56. The molecule has 5 N–H and O–H groups in total. The number of carbonyl (C=O) groups excluding carboxylic acids is 1. The second-order valence-corrected chi connectivity index (χ2v) is 5.35. The molecule has 3 rings (SSSR count). The van der Waals surface area contributed by atoms with Crippen molar-refractivity contribution in [1.29, 1.82) is 0 Å². The Balaban J connectivity index is 1.68. The van der Waals surface area contributed by atoms with Crippen LogP contribution in [-0.4, -0.2) is 32.4 Å². The van der Waals surface area contributed by atoms with Crippen molar-refractivity contribution in [2.45, 2.75) is 13.0 Å². The zero-order valence-electron chi connectivity index (χ0n) is 13.3. The number of aromatic amines is 1. The molecule has 0 unspecified atom stereocenters. The van der Waals surface area contributed by atoms with Gasteiger partial charge in [-0.05, 0) is 12.5 Å². The van der Waals surface area contributed by atoms with Crippen molar-refractivity contribution in [2.75, 3.05) is 10.6 Å². The molecule has 0 aliphatic heterocycles. The number of rotatable bonds is 4. The topological polar surface area (TPSA) is 132 Å². The van der Waals surface area contributed by atoms with Crippen LogP contribution in [0.1, 0.15) is 18.5 Å². The number of nitrogens with one attached hydrogen (secondary N) is 4. The van der Waals surface area contributed by atoms with Gasteiger partial charge in [0.05, 0.1) is 16.9 Å². The molecule has 0 bridgehead atoms. The lowest BCUT2D eigenvalue weighted by Crippen LogP contribution is -2.31. The van der Waals surface area contributed by atoms with E-state index in [-0.39, 0.29) is 11.9 Å². The average Bonchev–Trinajstić information content (AvgIpc) is 2.97. The smallest absolute Gasteiger partial charge is 0.410 e. The molecule has 2 heterocycles. The fourth-order valence-electron chi connectivity index (χ4n) is 2.35. The maximum Gasteiger partial charge on any atom is 0.410 e. The predicted octanol–water partition coefficient (Wildman–Crippen LogP) is 2.93. The molecule has 0 saturated carbocycles. The summed E-state index contributed by atoms with van der Waals surface area (Å²) < 4.78 is 0. The van der Waals surface area contributed by atoms with E-state index in [0.717, 1.165) is 5.56 Å². The molecule has 0 fully saturated rings. The molecule has 9 nitrogen and oxygen atoms in total. The lowest BCUT2D eigenvalue weighted by Gasteiger charge is -2.14. The molecule has 3 amide bonds. The average molecular weight is 340 g/mol. The van der Waals surface area contributed by atoms with Crippen molar-refractivity contribution in [1.82, 2.24) is 20.5 Å². The number of carbonyl (C=O) groups is 2. The van der Waals surface area contributed by atoms with Crippen LogP contribution in [-0.2, 0) is 0 Å². The van der Waals surface area contributed by atoms with E-state index in [2.05, 4.69) is 31.1 Å². The van der Waals surface area contributed by atoms with Gasteiger partial charge in [-0.15, -0.1) is 0 Å². The number of urea groups is 1. The fourth-order valence-corrected chi connectivity index (χ4v) is 2.35. The summed E-state index contributed by atoms with van der Waals surface area (Å²) in [5.74, 6) is 0.472. The van der Waals surface area contributed by atoms with E-state index in [1.165, 1.54) is 6.20 Å². The van der Waals surface area contributed by atoms with Gasteiger partial charge in [0.25, 0.3) is 0 Å². The molecule has 0 aliphatic rings. The van der Waals surface area contributed by atoms with Crippen molar-refractivity contribution in [2.24, 2.45) is 0 Å². The zero-order valence-corrected chi connectivity index (χ0v) is 13.3. The van der Waals surface area contributed by atoms with Crippen LogP contribution >= 0.6 is 0 Å². The van der Waals surface area contributed by atoms with Crippen molar-refractivity contribution >= 4 is 34.7 Å². The number of benzene rings is 1. The van der Waals surface area contributed by atoms with E-state index in [4.69, 9.17) is 5.11 Å². The van der Waals surface area contributed by atoms with Crippen LogP contribution in [0.3, 0.4) is 0 Å². The van der Waals surface area contributed by atoms with Gasteiger partial charge in [-0.1, -0.05) is 30.3 Å². The Bertz CT molecular complexity index is 909. The van der Waals surface area contributed by atoms with Crippen LogP contribution in [0.2, 0.25) is 0 Å². The Kier molecular flexibility index (Phi) is 4.46. The summed E-state index contributed by atoms with van der Waals surface area (Å²) in [6, 6.07) is 10.6. The van der Waals surface area contributed by atoms with E-state index in [1.807, 2.05) is 37.3 Å². The largest absolute Gasteiger partial charge is 0.465 e. The third-order valence-corrected chi connectivity index (χ3v) is 3.56. The van der Waals surface area contributed by atoms with Crippen molar-refractivity contribution < 1.29 is 14.7 Å². The van der Waals surface area contributed by atoms with Gasteiger partial charge in [-0.3, -0.25) is 15.7 Å². The van der Waals surface area contributed by atoms with Gasteiger partial charge >= 0.3 is 12.1 Å². The first-order valence-corrected chi connectivity index (χ1v) is 7.49. The first-order chi connectivity index (χ1) is 12.0. The summed E-state index contributed by atoms with van der Waals surface area (Å²) in [7, 11) is 0. The van der Waals surface area contributed by atoms with E-state index in [9.17, 15) is 9.59 Å². The summed E-state index contributed by atoms with van der Waals surface area (Å²) in [4.78, 5) is 26.9. The van der Waals surface area contributed by atoms with Crippen molar-refractivity contribution in [3.8, 4) is 0 Å². The van der Waals surface area contributed by atoms with Gasteiger partial charge in [0.1, 0.15) is 5.82 Å². The number of H-pyrrole nitrogens is 1. The van der Waals surface area contributed by atoms with Gasteiger partial charge in [0.2, 0.25) is 0 Å². The molecule has 0 radical (unpaired) electrons. The van der Waals surface area contributed by atoms with Crippen LogP contribution in [0.15, 0.2) is 42.6 Å². The minimum absolute atomic E-state index is 0.156. The Labute approximate surface area is 142 Å². The standard InChI is InChI=1S/C16H16N6O3/c1-9(10-5-3-2-4-6-10)18-15(23)19-13-7-12-11(8-17-13)14(22-21-12)20-16(24)25/h2-9H,1H3,(H,24,25)(H2,20,21,22)(H2,17,18,19,23)/t9-/m1/s1. The second kappa shape index (κ2) is 6.87. The number of anilines is 2. The Morgan fingerprint density at radius 1 is 1.20 bits per heavy atom. The third kappa shape index (κ3) is 3.83. The first kappa shape index (κ1) is 16.2. The zero-order chi connectivity index (χ0) is 17.8. The second-order valence-electron chi connectivity index (χ2n) is 5.35. The SMILES string of the molecule is C[C@@H](NC(=O)Nc1cc2[nH]nc(NC(=O)O)c2cn1)c1ccccc1. The summed E-state index contributed by atoms with van der Waals surface area (Å²) in [6.45, 7) is 1.88. The predicted molar refractivity (Wildman–Crippen MR) is 92.5 cm³/mol. The molecule has 128 valence electrons. The van der Waals surface area contributed by atoms with Crippen LogP contribution < -0.4 is 16.0 Å². The summed E-state index contributed by atoms with van der Waals surface area (Å²) in [6.07, 6.45) is 0.213. The maximum atomic E-state index is 12.1. The highest BCUT2D eigenvalue weighted by molar-refractivity contribution is 5.98. The summed E-state index contributed by atoms with van der Waals surface area (Å²) in [5, 5.41) is 23.4. The van der Waals surface area contributed by atoms with E-state index in [0.29, 0.717) is 16.7 Å². The van der Waals surface area contributed by atoms with Crippen molar-refractivity contribution in [3.05, 3.63) is 48.2 Å². The van der Waals surface area contributed by atoms with Crippen LogP contribution in [0, 0.1) is 0 Å². The fraction of sp³-hybridized carbons (Fsp3) is 0.125. The molecule has 2 aromatic heterocycles. The molecule has 25 heavy (non-hydrogen) atoms. The maximum absolute atomic E-state index is 12.1. The summed E-state index contributed by atoms with van der Waals surface area (Å²) in [5.41, 5.74) is 1.53. The quantitative estimate of drug-likeness (QED) is 0.498. The normalized spacial score (nSPS) is 11.7. The summed E-state index contributed by atoms with van der Waals surface area (Å²) >= 11 is 0. The first-order valence-electron chi connectivity index (χ1n) is 7.49. The number of hydrogen-bond donors (Lipinski definition) is 5. The van der Waals surface area contributed by atoms with Crippen LogP contribution in [0.25, 0.3) is 10.9 Å². The van der Waals surface area contributed by atoms with Gasteiger partial charge in [-0.25, -0.2) is 14.6 Å². The molecule has 3 aromatic rings. The van der Waals surface area contributed by atoms with Gasteiger partial charge in [0.15, 0.2) is 5.82 Å². The number of aromatic nitrogens is 3. The van der Waals surface area contributed by atoms with Gasteiger partial charge in [-0.2, -0.15) is 5.10 Å². The molecule has 0 saturated heterocycles. The number of pyridine rings is 1. The van der Waals surface area contributed by atoms with Crippen molar-refractivity contribution in [3.63, 3.8) is 0 Å². The van der Waals surface area contributed by atoms with Gasteiger partial charge in [0, 0.05) is 12.3 Å². The van der Waals surface area contributed by atoms with Crippen LogP contribution in [0.5, 0.6) is 0 Å². The van der Waals surface area contributed by atoms with E-state index in [1.54, 1.807) is 6.07 Å². The van der Waals surface area contributed by atoms with E-state index >= 15 is 0 Å². The molecule has 9 heteroatoms. The molecule has 1 aromatic carbocycles. The molecule has 0 aliphatic carbocycles. The Morgan fingerprint density at radius 3 is 2.68 bits per heavy atom. The highest BCUT2D eigenvalue weighted by Gasteiger charge is 2.12. The number of carboxylic acid groups (broad SMARTS) is 1. The lowest BCUT2D eigenvalue weighted by molar-refractivity contribution is 0.209. The number of fused-ring (bicyclic) bond motifs is 1. The molecule has 0 spiro atoms. The Morgan fingerprint density at radius 2 is 1.96 bits per heavy atom. The number of nitrogens with zero attached hydrogens (tertiary/aromatic N) is 2. The highest BCUT2D eigenvalue weighted by atomic mass is 16.4. The van der Waals surface area contributed by atoms with Gasteiger partial charge < -0.3 is 10.4 Å². The lowest BCUT2D eigenvalue weighted by atomic mass is 10.1. The Hall–Kier alpha value is -3.62.